The molecule has 0 aliphatic carbocycles. The lowest BCUT2D eigenvalue weighted by atomic mass is 10.2. The summed E-state index contributed by atoms with van der Waals surface area (Å²) < 4.78 is 0. The molecule has 1 aromatic rings. The van der Waals surface area contributed by atoms with Crippen LogP contribution in [0.1, 0.15) is 19.0 Å². The summed E-state index contributed by atoms with van der Waals surface area (Å²) in [5.74, 6) is 0. The number of nitriles is 1. The molecule has 1 aromatic heterocycles. The lowest BCUT2D eigenvalue weighted by molar-refractivity contribution is 0.183. The van der Waals surface area contributed by atoms with Gasteiger partial charge in [0.05, 0.1) is 6.10 Å². The van der Waals surface area contributed by atoms with Gasteiger partial charge in [0.1, 0.15) is 11.8 Å². The molecule has 0 spiro atoms. The maximum atomic E-state index is 9.30. The molecule has 1 atom stereocenters. The van der Waals surface area contributed by atoms with Gasteiger partial charge in [0.2, 0.25) is 0 Å². The number of hydrogen-bond donors (Lipinski definition) is 2. The van der Waals surface area contributed by atoms with Crippen LogP contribution in [0.4, 0.5) is 5.69 Å². The second-order valence-electron chi connectivity index (χ2n) is 2.98. The van der Waals surface area contributed by atoms with Crippen LogP contribution in [0, 0.1) is 11.3 Å². The molecular weight excluding hydrogens is 178 g/mol. The smallest absolute Gasteiger partial charge is 0.142 e. The normalized spacial score (nSPS) is 11.8. The van der Waals surface area contributed by atoms with Crippen LogP contribution in [0.2, 0.25) is 0 Å². The van der Waals surface area contributed by atoms with Gasteiger partial charge in [-0.15, -0.1) is 0 Å². The molecule has 0 fully saturated rings. The Hall–Kier alpha value is -1.60. The number of rotatable bonds is 4. The molecule has 1 rings (SSSR count). The molecule has 0 aliphatic heterocycles. The molecule has 4 nitrogen and oxygen atoms in total. The van der Waals surface area contributed by atoms with Crippen LogP contribution in [0.25, 0.3) is 0 Å². The van der Waals surface area contributed by atoms with E-state index in [4.69, 9.17) is 5.26 Å². The third-order valence-corrected chi connectivity index (χ3v) is 1.89. The average Bonchev–Trinajstić information content (AvgIpc) is 2.26. The second-order valence-corrected chi connectivity index (χ2v) is 2.98. The third kappa shape index (κ3) is 3.04. The fourth-order valence-corrected chi connectivity index (χ4v) is 0.982. The fourth-order valence-electron chi connectivity index (χ4n) is 0.982. The Kier molecular flexibility index (Phi) is 3.89. The molecule has 74 valence electrons. The number of aliphatic hydroxyl groups excluding tert-OH is 1. The summed E-state index contributed by atoms with van der Waals surface area (Å²) in [4.78, 5) is 3.84. The predicted molar refractivity (Wildman–Crippen MR) is 53.7 cm³/mol. The minimum Gasteiger partial charge on any atom is -0.391 e. The highest BCUT2D eigenvalue weighted by Crippen LogP contribution is 2.07. The number of nitrogens with one attached hydrogen (secondary N) is 1. The van der Waals surface area contributed by atoms with E-state index in [1.807, 2.05) is 13.0 Å². The van der Waals surface area contributed by atoms with E-state index in [0.29, 0.717) is 18.7 Å². The van der Waals surface area contributed by atoms with Crippen LogP contribution < -0.4 is 5.32 Å². The van der Waals surface area contributed by atoms with Gasteiger partial charge >= 0.3 is 0 Å². The van der Waals surface area contributed by atoms with Crippen molar-refractivity contribution in [1.29, 1.82) is 5.26 Å². The van der Waals surface area contributed by atoms with E-state index in [2.05, 4.69) is 10.3 Å². The van der Waals surface area contributed by atoms with Crippen molar-refractivity contribution < 1.29 is 5.11 Å². The van der Waals surface area contributed by atoms with Crippen molar-refractivity contribution >= 4 is 5.69 Å². The molecule has 0 amide bonds. The minimum atomic E-state index is -0.353. The average molecular weight is 191 g/mol. The zero-order valence-electron chi connectivity index (χ0n) is 8.07. The van der Waals surface area contributed by atoms with Gasteiger partial charge in [0, 0.05) is 18.4 Å². The minimum absolute atomic E-state index is 0.353. The van der Waals surface area contributed by atoms with Crippen LogP contribution in [-0.2, 0) is 0 Å². The first-order chi connectivity index (χ1) is 6.76. The summed E-state index contributed by atoms with van der Waals surface area (Å²) in [6, 6.07) is 5.38. The van der Waals surface area contributed by atoms with Crippen LogP contribution in [-0.4, -0.2) is 22.7 Å². The van der Waals surface area contributed by atoms with Crippen LogP contribution in [0.15, 0.2) is 18.3 Å². The van der Waals surface area contributed by atoms with Crippen molar-refractivity contribution in [2.24, 2.45) is 0 Å². The Labute approximate surface area is 83.2 Å². The van der Waals surface area contributed by atoms with E-state index in [9.17, 15) is 5.11 Å². The number of aromatic nitrogens is 1. The highest BCUT2D eigenvalue weighted by molar-refractivity contribution is 5.45. The van der Waals surface area contributed by atoms with E-state index in [1.54, 1.807) is 18.3 Å². The van der Waals surface area contributed by atoms with Crippen molar-refractivity contribution in [3.63, 3.8) is 0 Å². The Bertz CT molecular complexity index is 332. The molecular formula is C10H13N3O. The maximum absolute atomic E-state index is 9.30. The molecule has 0 aromatic carbocycles. The predicted octanol–water partition coefficient (Wildman–Crippen LogP) is 1.14. The Morgan fingerprint density at radius 2 is 2.50 bits per heavy atom. The molecule has 2 N–H and O–H groups in total. The number of pyridine rings is 1. The van der Waals surface area contributed by atoms with E-state index < -0.39 is 0 Å². The van der Waals surface area contributed by atoms with Crippen molar-refractivity contribution in [3.05, 3.63) is 24.0 Å². The first-order valence-corrected chi connectivity index (χ1v) is 4.54. The summed E-state index contributed by atoms with van der Waals surface area (Å²) in [6.45, 7) is 2.41. The lowest BCUT2D eigenvalue weighted by Gasteiger charge is -2.10. The van der Waals surface area contributed by atoms with Gasteiger partial charge in [-0.1, -0.05) is 6.92 Å². The number of anilines is 1. The topological polar surface area (TPSA) is 68.9 Å². The molecule has 1 heterocycles. The maximum Gasteiger partial charge on any atom is 0.142 e. The summed E-state index contributed by atoms with van der Waals surface area (Å²) in [7, 11) is 0. The van der Waals surface area contributed by atoms with Gasteiger partial charge in [0.25, 0.3) is 0 Å². The molecule has 0 bridgehead atoms. The molecule has 0 saturated carbocycles. The first kappa shape index (κ1) is 10.5. The molecule has 0 saturated heterocycles. The molecule has 0 aliphatic rings. The van der Waals surface area contributed by atoms with Crippen LogP contribution in [0.3, 0.4) is 0 Å². The van der Waals surface area contributed by atoms with Crippen LogP contribution >= 0.6 is 0 Å². The monoisotopic (exact) mass is 191 g/mol. The largest absolute Gasteiger partial charge is 0.391 e. The molecule has 4 heteroatoms. The number of hydrogen-bond acceptors (Lipinski definition) is 4. The van der Waals surface area contributed by atoms with Crippen molar-refractivity contribution in [2.75, 3.05) is 11.9 Å². The van der Waals surface area contributed by atoms with Gasteiger partial charge in [-0.2, -0.15) is 5.26 Å². The summed E-state index contributed by atoms with van der Waals surface area (Å²) in [6.07, 6.45) is 1.93. The highest BCUT2D eigenvalue weighted by Gasteiger charge is 2.00. The van der Waals surface area contributed by atoms with E-state index >= 15 is 0 Å². The van der Waals surface area contributed by atoms with Crippen LogP contribution in [0.5, 0.6) is 0 Å². The lowest BCUT2D eigenvalue weighted by Crippen LogP contribution is -2.18. The SMILES string of the molecule is CCC(O)CNc1ccnc(C#N)c1. The van der Waals surface area contributed by atoms with Crippen molar-refractivity contribution in [3.8, 4) is 6.07 Å². The van der Waals surface area contributed by atoms with Gasteiger partial charge in [-0.25, -0.2) is 4.98 Å². The highest BCUT2D eigenvalue weighted by atomic mass is 16.3. The third-order valence-electron chi connectivity index (χ3n) is 1.89. The second kappa shape index (κ2) is 5.20. The van der Waals surface area contributed by atoms with Gasteiger partial charge in [-0.05, 0) is 18.6 Å². The molecule has 14 heavy (non-hydrogen) atoms. The van der Waals surface area contributed by atoms with Gasteiger partial charge < -0.3 is 10.4 Å². The standard InChI is InChI=1S/C10H13N3O/c1-2-10(14)7-13-8-3-4-12-9(5-8)6-11/h3-5,10,14H,2,7H2,1H3,(H,12,13). The van der Waals surface area contributed by atoms with E-state index in [0.717, 1.165) is 5.69 Å². The Morgan fingerprint density at radius 3 is 3.14 bits per heavy atom. The van der Waals surface area contributed by atoms with Gasteiger partial charge in [-0.3, -0.25) is 0 Å². The Balaban J connectivity index is 2.55. The van der Waals surface area contributed by atoms with E-state index in [-0.39, 0.29) is 6.10 Å². The summed E-state index contributed by atoms with van der Waals surface area (Å²) in [5, 5.41) is 20.9. The molecule has 1 unspecified atom stereocenters. The zero-order valence-corrected chi connectivity index (χ0v) is 8.07. The quantitative estimate of drug-likeness (QED) is 0.748. The Morgan fingerprint density at radius 1 is 1.71 bits per heavy atom. The van der Waals surface area contributed by atoms with Gasteiger partial charge in [0.15, 0.2) is 0 Å². The van der Waals surface area contributed by atoms with E-state index in [1.165, 1.54) is 0 Å². The summed E-state index contributed by atoms with van der Waals surface area (Å²) in [5.41, 5.74) is 1.19. The number of nitrogens with zero attached hydrogens (tertiary/aromatic N) is 2. The number of aliphatic hydroxyl groups is 1. The molecule has 0 radical (unpaired) electrons. The fraction of sp³-hybridized carbons (Fsp3) is 0.400. The first-order valence-electron chi connectivity index (χ1n) is 4.54. The van der Waals surface area contributed by atoms with Crippen molar-refractivity contribution in [1.82, 2.24) is 4.98 Å². The van der Waals surface area contributed by atoms with Crippen molar-refractivity contribution in [2.45, 2.75) is 19.4 Å². The zero-order chi connectivity index (χ0) is 10.4. The summed E-state index contributed by atoms with van der Waals surface area (Å²) >= 11 is 0.